The van der Waals surface area contributed by atoms with E-state index in [4.69, 9.17) is 19.3 Å². The van der Waals surface area contributed by atoms with Gasteiger partial charge in [0, 0.05) is 30.3 Å². The van der Waals surface area contributed by atoms with Crippen LogP contribution in [-0.4, -0.2) is 34.1 Å². The summed E-state index contributed by atoms with van der Waals surface area (Å²) in [5, 5.41) is 14.1. The Bertz CT molecular complexity index is 1810. The number of benzene rings is 4. The number of nitrogens with one attached hydrogen (secondary N) is 1. The highest BCUT2D eigenvalue weighted by molar-refractivity contribution is 5.79. The number of nitro benzene ring substituents is 1. The molecule has 7 rings (SSSR count). The second kappa shape index (κ2) is 11.7. The molecule has 0 aliphatic carbocycles. The van der Waals surface area contributed by atoms with Crippen molar-refractivity contribution in [1.29, 1.82) is 0 Å². The van der Waals surface area contributed by atoms with Gasteiger partial charge in [0.1, 0.15) is 11.0 Å². The van der Waals surface area contributed by atoms with E-state index in [1.54, 1.807) is 18.2 Å². The average Bonchev–Trinajstić information content (AvgIpc) is 3.76. The standard InChI is InChI=1S/C18H19N3O2.C13H7FN2O3/c19-14-10-12(18-21-16-5-1-2-6-17(16)23-18)7-8-15(14)20-11-13-4-3-9-22-13;14-9-6-5-8(7-11(9)16(17)18)13-15-10-3-1-2-4-12(10)19-13/h1-2,5-8,10,13,20H,3-4,9,11,19H2;1-7H. The molecule has 2 aromatic heterocycles. The Balaban J connectivity index is 0.000000153. The minimum atomic E-state index is -0.884. The lowest BCUT2D eigenvalue weighted by molar-refractivity contribution is -0.387. The number of oxazole rings is 2. The van der Waals surface area contributed by atoms with E-state index in [2.05, 4.69) is 15.3 Å². The second-order valence-electron chi connectivity index (χ2n) is 9.71. The van der Waals surface area contributed by atoms with E-state index in [1.807, 2.05) is 48.5 Å². The number of nitrogen functional groups attached to an aromatic ring is 1. The predicted octanol–water partition coefficient (Wildman–Crippen LogP) is 7.21. The Kier molecular flexibility index (Phi) is 7.48. The van der Waals surface area contributed by atoms with Gasteiger partial charge in [0.15, 0.2) is 11.2 Å². The molecule has 1 aliphatic heterocycles. The van der Waals surface area contributed by atoms with Crippen LogP contribution in [0.4, 0.5) is 21.5 Å². The van der Waals surface area contributed by atoms with Crippen LogP contribution in [0.5, 0.6) is 0 Å². The number of nitro groups is 1. The molecule has 0 spiro atoms. The molecule has 4 aromatic carbocycles. The third-order valence-corrected chi connectivity index (χ3v) is 6.82. The summed E-state index contributed by atoms with van der Waals surface area (Å²) in [6.45, 7) is 1.64. The molecular formula is C31H26FN5O5. The minimum absolute atomic E-state index is 0.226. The zero-order valence-corrected chi connectivity index (χ0v) is 22.3. The number of nitrogens with zero attached hydrogens (tertiary/aromatic N) is 3. The number of nitrogens with two attached hydrogens (primary N) is 1. The van der Waals surface area contributed by atoms with E-state index in [1.165, 1.54) is 6.07 Å². The van der Waals surface area contributed by atoms with Gasteiger partial charge >= 0.3 is 5.69 Å². The van der Waals surface area contributed by atoms with Gasteiger partial charge in [0.2, 0.25) is 17.6 Å². The maximum absolute atomic E-state index is 13.2. The summed E-state index contributed by atoms with van der Waals surface area (Å²) in [5.74, 6) is -0.0715. The van der Waals surface area contributed by atoms with E-state index in [-0.39, 0.29) is 12.0 Å². The number of hydrogen-bond donors (Lipinski definition) is 2. The molecule has 0 saturated carbocycles. The molecule has 1 unspecified atom stereocenters. The van der Waals surface area contributed by atoms with Crippen molar-refractivity contribution in [2.75, 3.05) is 24.2 Å². The topological polar surface area (TPSA) is 142 Å². The molecule has 0 bridgehead atoms. The Morgan fingerprint density at radius 1 is 0.905 bits per heavy atom. The fraction of sp³-hybridized carbons (Fsp3) is 0.161. The van der Waals surface area contributed by atoms with Gasteiger partial charge < -0.3 is 24.6 Å². The van der Waals surface area contributed by atoms with Crippen LogP contribution in [0.3, 0.4) is 0 Å². The summed E-state index contributed by atoms with van der Waals surface area (Å²) in [6.07, 6.45) is 2.53. The molecule has 1 atom stereocenters. The maximum atomic E-state index is 13.2. The lowest BCUT2D eigenvalue weighted by atomic mass is 10.1. The lowest BCUT2D eigenvalue weighted by Gasteiger charge is -2.14. The van der Waals surface area contributed by atoms with Crippen molar-refractivity contribution in [2.24, 2.45) is 0 Å². The number of hydrogen-bond acceptors (Lipinski definition) is 9. The first kappa shape index (κ1) is 26.9. The van der Waals surface area contributed by atoms with Crippen molar-refractivity contribution in [1.82, 2.24) is 9.97 Å². The van der Waals surface area contributed by atoms with Crippen molar-refractivity contribution >= 4 is 39.3 Å². The van der Waals surface area contributed by atoms with Gasteiger partial charge in [-0.25, -0.2) is 9.97 Å². The SMILES string of the molecule is Nc1cc(-c2nc3ccccc3o2)ccc1NCC1CCCO1.O=[N+]([O-])c1cc(-c2nc3ccccc3o2)ccc1F. The molecule has 1 aliphatic rings. The van der Waals surface area contributed by atoms with Crippen molar-refractivity contribution in [3.05, 3.63) is 101 Å². The first-order valence-electron chi connectivity index (χ1n) is 13.4. The lowest BCUT2D eigenvalue weighted by Crippen LogP contribution is -2.18. The average molecular weight is 568 g/mol. The monoisotopic (exact) mass is 567 g/mol. The maximum Gasteiger partial charge on any atom is 0.305 e. The van der Waals surface area contributed by atoms with E-state index in [9.17, 15) is 14.5 Å². The zero-order valence-electron chi connectivity index (χ0n) is 22.3. The summed E-state index contributed by atoms with van der Waals surface area (Å²) in [6, 6.07) is 24.2. The number of aromatic nitrogens is 2. The number of rotatable bonds is 6. The molecule has 42 heavy (non-hydrogen) atoms. The molecule has 1 saturated heterocycles. The van der Waals surface area contributed by atoms with Crippen LogP contribution < -0.4 is 11.1 Å². The molecule has 11 heteroatoms. The molecule has 212 valence electrons. The molecule has 10 nitrogen and oxygen atoms in total. The van der Waals surface area contributed by atoms with Gasteiger partial charge in [0.05, 0.1) is 22.4 Å². The van der Waals surface area contributed by atoms with Crippen molar-refractivity contribution in [3.8, 4) is 22.9 Å². The Labute approximate surface area is 239 Å². The third kappa shape index (κ3) is 5.77. The third-order valence-electron chi connectivity index (χ3n) is 6.82. The first-order chi connectivity index (χ1) is 20.4. The van der Waals surface area contributed by atoms with Crippen molar-refractivity contribution in [3.63, 3.8) is 0 Å². The van der Waals surface area contributed by atoms with Crippen LogP contribution in [0.2, 0.25) is 0 Å². The van der Waals surface area contributed by atoms with Crippen LogP contribution in [0.25, 0.3) is 45.1 Å². The van der Waals surface area contributed by atoms with Crippen LogP contribution >= 0.6 is 0 Å². The highest BCUT2D eigenvalue weighted by Gasteiger charge is 2.18. The minimum Gasteiger partial charge on any atom is -0.436 e. The van der Waals surface area contributed by atoms with Gasteiger partial charge in [-0.15, -0.1) is 0 Å². The van der Waals surface area contributed by atoms with Gasteiger partial charge in [-0.1, -0.05) is 24.3 Å². The fourth-order valence-corrected chi connectivity index (χ4v) is 4.66. The van der Waals surface area contributed by atoms with Gasteiger partial charge in [-0.3, -0.25) is 10.1 Å². The number of fused-ring (bicyclic) bond motifs is 2. The highest BCUT2D eigenvalue weighted by Crippen LogP contribution is 2.30. The Hall–Kier alpha value is -5.29. The quantitative estimate of drug-likeness (QED) is 0.121. The molecule has 0 amide bonds. The molecule has 6 aromatic rings. The second-order valence-corrected chi connectivity index (χ2v) is 9.71. The van der Waals surface area contributed by atoms with Gasteiger partial charge in [0.25, 0.3) is 0 Å². The van der Waals surface area contributed by atoms with Gasteiger partial charge in [-0.05, 0) is 67.4 Å². The summed E-state index contributed by atoms with van der Waals surface area (Å²) >= 11 is 0. The van der Waals surface area contributed by atoms with Crippen LogP contribution in [0, 0.1) is 15.9 Å². The number of ether oxygens (including phenoxy) is 1. The van der Waals surface area contributed by atoms with E-state index in [0.29, 0.717) is 28.2 Å². The van der Waals surface area contributed by atoms with Crippen molar-refractivity contribution in [2.45, 2.75) is 18.9 Å². The van der Waals surface area contributed by atoms with Crippen molar-refractivity contribution < 1.29 is 22.9 Å². The summed E-state index contributed by atoms with van der Waals surface area (Å²) in [4.78, 5) is 18.6. The van der Waals surface area contributed by atoms with E-state index in [0.717, 1.165) is 60.5 Å². The highest BCUT2D eigenvalue weighted by atomic mass is 19.1. The summed E-state index contributed by atoms with van der Waals surface area (Å²) in [7, 11) is 0. The largest absolute Gasteiger partial charge is 0.436 e. The van der Waals surface area contributed by atoms with Gasteiger partial charge in [-0.2, -0.15) is 4.39 Å². The van der Waals surface area contributed by atoms with Crippen LogP contribution in [0.1, 0.15) is 12.8 Å². The van der Waals surface area contributed by atoms with Crippen LogP contribution in [0.15, 0.2) is 93.8 Å². The van der Waals surface area contributed by atoms with Crippen LogP contribution in [-0.2, 0) is 4.74 Å². The molecule has 3 heterocycles. The predicted molar refractivity (Wildman–Crippen MR) is 157 cm³/mol. The number of halogens is 1. The molecule has 3 N–H and O–H groups in total. The molecule has 1 fully saturated rings. The Morgan fingerprint density at radius 2 is 1.52 bits per heavy atom. The normalized spacial score (nSPS) is 14.5. The first-order valence-corrected chi connectivity index (χ1v) is 13.4. The fourth-order valence-electron chi connectivity index (χ4n) is 4.66. The smallest absolute Gasteiger partial charge is 0.305 e. The number of anilines is 2. The Morgan fingerprint density at radius 3 is 2.10 bits per heavy atom. The molecular weight excluding hydrogens is 541 g/mol. The number of para-hydroxylation sites is 4. The zero-order chi connectivity index (χ0) is 29.1. The summed E-state index contributed by atoms with van der Waals surface area (Å²) in [5.41, 5.74) is 11.3. The van der Waals surface area contributed by atoms with E-state index < -0.39 is 16.4 Å². The molecule has 0 radical (unpaired) electrons. The van der Waals surface area contributed by atoms with E-state index >= 15 is 0 Å². The summed E-state index contributed by atoms with van der Waals surface area (Å²) < 4.78 is 30.1.